The molecule has 1 saturated heterocycles. The number of nitrogen functional groups attached to an aromatic ring is 1. The number of rotatable bonds is 6. The summed E-state index contributed by atoms with van der Waals surface area (Å²) in [7, 11) is 0. The van der Waals surface area contributed by atoms with Gasteiger partial charge in [-0.3, -0.25) is 9.69 Å². The van der Waals surface area contributed by atoms with Gasteiger partial charge in [0.25, 0.3) is 5.91 Å². The number of morpholine rings is 1. The van der Waals surface area contributed by atoms with E-state index in [-0.39, 0.29) is 5.91 Å². The maximum Gasteiger partial charge on any atom is 0.251 e. The Hall–Kier alpha value is -2.57. The molecule has 1 aliphatic heterocycles. The second kappa shape index (κ2) is 8.50. The lowest BCUT2D eigenvalue weighted by Crippen LogP contribution is -2.41. The minimum Gasteiger partial charge on any atom is -0.457 e. The van der Waals surface area contributed by atoms with E-state index in [1.165, 1.54) is 0 Å². The summed E-state index contributed by atoms with van der Waals surface area (Å²) in [6, 6.07) is 14.3. The molecular weight excluding hydrogens is 318 g/mol. The third-order valence-corrected chi connectivity index (χ3v) is 4.03. The third-order valence-electron chi connectivity index (χ3n) is 4.03. The smallest absolute Gasteiger partial charge is 0.251 e. The van der Waals surface area contributed by atoms with Crippen LogP contribution in [-0.4, -0.2) is 50.2 Å². The molecule has 0 spiro atoms. The molecule has 0 atom stereocenters. The van der Waals surface area contributed by atoms with Gasteiger partial charge in [-0.1, -0.05) is 6.07 Å². The van der Waals surface area contributed by atoms with E-state index in [0.717, 1.165) is 32.8 Å². The van der Waals surface area contributed by atoms with E-state index < -0.39 is 0 Å². The number of anilines is 1. The first-order valence-corrected chi connectivity index (χ1v) is 8.42. The molecular formula is C19H23N3O3. The largest absolute Gasteiger partial charge is 0.457 e. The van der Waals surface area contributed by atoms with Crippen molar-refractivity contribution < 1.29 is 14.3 Å². The van der Waals surface area contributed by atoms with Gasteiger partial charge in [-0.05, 0) is 42.5 Å². The van der Waals surface area contributed by atoms with E-state index in [0.29, 0.717) is 29.3 Å². The number of carbonyl (C=O) groups is 1. The number of nitrogens with two attached hydrogens (primary N) is 1. The van der Waals surface area contributed by atoms with Crippen molar-refractivity contribution >= 4 is 11.6 Å². The van der Waals surface area contributed by atoms with Crippen LogP contribution in [0.3, 0.4) is 0 Å². The summed E-state index contributed by atoms with van der Waals surface area (Å²) in [5, 5.41) is 2.95. The molecule has 2 aromatic rings. The van der Waals surface area contributed by atoms with Crippen LogP contribution in [0.5, 0.6) is 11.5 Å². The average molecular weight is 341 g/mol. The topological polar surface area (TPSA) is 76.8 Å². The van der Waals surface area contributed by atoms with Gasteiger partial charge in [0, 0.05) is 37.4 Å². The highest BCUT2D eigenvalue weighted by atomic mass is 16.5. The fourth-order valence-electron chi connectivity index (χ4n) is 2.63. The molecule has 0 saturated carbocycles. The molecule has 25 heavy (non-hydrogen) atoms. The molecule has 0 bridgehead atoms. The Labute approximate surface area is 147 Å². The van der Waals surface area contributed by atoms with E-state index in [9.17, 15) is 4.79 Å². The van der Waals surface area contributed by atoms with Crippen LogP contribution in [0, 0.1) is 0 Å². The van der Waals surface area contributed by atoms with Gasteiger partial charge < -0.3 is 20.5 Å². The standard InChI is InChI=1S/C19H23N3O3/c20-16-4-6-17(7-5-16)25-18-3-1-2-15(14-18)19(23)21-8-9-22-10-12-24-13-11-22/h1-7,14H,8-13,20H2,(H,21,23). The number of benzene rings is 2. The first-order chi connectivity index (χ1) is 12.2. The van der Waals surface area contributed by atoms with Crippen molar-refractivity contribution in [3.05, 3.63) is 54.1 Å². The monoisotopic (exact) mass is 341 g/mol. The van der Waals surface area contributed by atoms with Crippen LogP contribution in [-0.2, 0) is 4.74 Å². The molecule has 2 aromatic carbocycles. The molecule has 1 amide bonds. The second-order valence-corrected chi connectivity index (χ2v) is 5.91. The number of hydrogen-bond acceptors (Lipinski definition) is 5. The van der Waals surface area contributed by atoms with E-state index in [2.05, 4.69) is 10.2 Å². The fraction of sp³-hybridized carbons (Fsp3) is 0.316. The summed E-state index contributed by atoms with van der Waals surface area (Å²) in [5.41, 5.74) is 6.93. The maximum absolute atomic E-state index is 12.3. The summed E-state index contributed by atoms with van der Waals surface area (Å²) in [4.78, 5) is 14.6. The lowest BCUT2D eigenvalue weighted by Gasteiger charge is -2.26. The number of hydrogen-bond donors (Lipinski definition) is 2. The maximum atomic E-state index is 12.3. The Morgan fingerprint density at radius 2 is 1.88 bits per heavy atom. The summed E-state index contributed by atoms with van der Waals surface area (Å²) in [6.45, 7) is 4.80. The Balaban J connectivity index is 1.52. The summed E-state index contributed by atoms with van der Waals surface area (Å²) >= 11 is 0. The van der Waals surface area contributed by atoms with Crippen LogP contribution in [0.1, 0.15) is 10.4 Å². The molecule has 0 aromatic heterocycles. The molecule has 132 valence electrons. The van der Waals surface area contributed by atoms with E-state index in [1.54, 1.807) is 36.4 Å². The van der Waals surface area contributed by atoms with Crippen molar-refractivity contribution in [1.82, 2.24) is 10.2 Å². The van der Waals surface area contributed by atoms with Crippen LogP contribution < -0.4 is 15.8 Å². The molecule has 0 unspecified atom stereocenters. The summed E-state index contributed by atoms with van der Waals surface area (Å²) < 4.78 is 11.1. The Bertz CT molecular complexity index is 697. The second-order valence-electron chi connectivity index (χ2n) is 5.91. The predicted octanol–water partition coefficient (Wildman–Crippen LogP) is 2.12. The highest BCUT2D eigenvalue weighted by Gasteiger charge is 2.11. The van der Waals surface area contributed by atoms with Gasteiger partial charge in [-0.25, -0.2) is 0 Å². The molecule has 1 heterocycles. The molecule has 1 fully saturated rings. The summed E-state index contributed by atoms with van der Waals surface area (Å²) in [6.07, 6.45) is 0. The zero-order valence-electron chi connectivity index (χ0n) is 14.1. The quantitative estimate of drug-likeness (QED) is 0.787. The molecule has 0 aliphatic carbocycles. The summed E-state index contributed by atoms with van der Waals surface area (Å²) in [5.74, 6) is 1.20. The number of amides is 1. The third kappa shape index (κ3) is 5.20. The van der Waals surface area contributed by atoms with Gasteiger partial charge in [0.15, 0.2) is 0 Å². The van der Waals surface area contributed by atoms with Gasteiger partial charge in [0.1, 0.15) is 11.5 Å². The average Bonchev–Trinajstić information content (AvgIpc) is 2.65. The molecule has 0 radical (unpaired) electrons. The van der Waals surface area contributed by atoms with Gasteiger partial charge in [0.2, 0.25) is 0 Å². The molecule has 6 heteroatoms. The zero-order valence-corrected chi connectivity index (χ0v) is 14.1. The van der Waals surface area contributed by atoms with Crippen LogP contribution in [0.4, 0.5) is 5.69 Å². The Morgan fingerprint density at radius 3 is 2.64 bits per heavy atom. The van der Waals surface area contributed by atoms with Crippen molar-refractivity contribution in [1.29, 1.82) is 0 Å². The molecule has 3 N–H and O–H groups in total. The van der Waals surface area contributed by atoms with Crippen molar-refractivity contribution in [2.75, 3.05) is 45.1 Å². The highest BCUT2D eigenvalue weighted by Crippen LogP contribution is 2.23. The SMILES string of the molecule is Nc1ccc(Oc2cccc(C(=O)NCCN3CCOCC3)c2)cc1. The normalized spacial score (nSPS) is 14.9. The first kappa shape index (κ1) is 17.3. The minimum absolute atomic E-state index is 0.101. The molecule has 1 aliphatic rings. The molecule has 6 nitrogen and oxygen atoms in total. The van der Waals surface area contributed by atoms with Gasteiger partial charge >= 0.3 is 0 Å². The number of ether oxygens (including phenoxy) is 2. The number of nitrogens with one attached hydrogen (secondary N) is 1. The predicted molar refractivity (Wildman–Crippen MR) is 97.0 cm³/mol. The van der Waals surface area contributed by atoms with Crippen molar-refractivity contribution in [2.24, 2.45) is 0 Å². The van der Waals surface area contributed by atoms with E-state index in [1.807, 2.05) is 12.1 Å². The van der Waals surface area contributed by atoms with Gasteiger partial charge in [0.05, 0.1) is 13.2 Å². The van der Waals surface area contributed by atoms with E-state index >= 15 is 0 Å². The van der Waals surface area contributed by atoms with Crippen molar-refractivity contribution in [2.45, 2.75) is 0 Å². The Morgan fingerprint density at radius 1 is 1.12 bits per heavy atom. The lowest BCUT2D eigenvalue weighted by atomic mass is 10.2. The van der Waals surface area contributed by atoms with Crippen molar-refractivity contribution in [3.63, 3.8) is 0 Å². The fourth-order valence-corrected chi connectivity index (χ4v) is 2.63. The number of nitrogens with zero attached hydrogens (tertiary/aromatic N) is 1. The van der Waals surface area contributed by atoms with Crippen LogP contribution >= 0.6 is 0 Å². The zero-order chi connectivity index (χ0) is 17.5. The van der Waals surface area contributed by atoms with E-state index in [4.69, 9.17) is 15.2 Å². The van der Waals surface area contributed by atoms with Gasteiger partial charge in [-0.15, -0.1) is 0 Å². The highest BCUT2D eigenvalue weighted by molar-refractivity contribution is 5.94. The van der Waals surface area contributed by atoms with Crippen LogP contribution in [0.15, 0.2) is 48.5 Å². The van der Waals surface area contributed by atoms with Crippen LogP contribution in [0.2, 0.25) is 0 Å². The minimum atomic E-state index is -0.101. The van der Waals surface area contributed by atoms with Crippen LogP contribution in [0.25, 0.3) is 0 Å². The molecule has 3 rings (SSSR count). The number of carbonyl (C=O) groups excluding carboxylic acids is 1. The first-order valence-electron chi connectivity index (χ1n) is 8.42. The lowest BCUT2D eigenvalue weighted by molar-refractivity contribution is 0.0383. The Kier molecular flexibility index (Phi) is 5.87. The van der Waals surface area contributed by atoms with Gasteiger partial charge in [-0.2, -0.15) is 0 Å². The van der Waals surface area contributed by atoms with Crippen molar-refractivity contribution in [3.8, 4) is 11.5 Å².